The molecular formula is C18H17N3OS2. The van der Waals surface area contributed by atoms with E-state index >= 15 is 0 Å². The van der Waals surface area contributed by atoms with Crippen molar-refractivity contribution in [2.24, 2.45) is 4.99 Å². The minimum absolute atomic E-state index is 0.0468. The smallest absolute Gasteiger partial charge is 0.252 e. The summed E-state index contributed by atoms with van der Waals surface area (Å²) >= 11 is 3.39. The number of rotatable bonds is 4. The maximum absolute atomic E-state index is 12.3. The Labute approximate surface area is 149 Å². The topological polar surface area (TPSA) is 45.6 Å². The summed E-state index contributed by atoms with van der Waals surface area (Å²) in [5, 5.41) is 2.10. The van der Waals surface area contributed by atoms with Crippen LogP contribution in [0.4, 0.5) is 5.69 Å². The van der Waals surface area contributed by atoms with Crippen LogP contribution in [0.2, 0.25) is 0 Å². The Bertz CT molecular complexity index is 853. The molecule has 3 heterocycles. The van der Waals surface area contributed by atoms with Crippen LogP contribution < -0.4 is 0 Å². The first-order chi connectivity index (χ1) is 11.7. The first kappa shape index (κ1) is 15.6. The predicted octanol–water partition coefficient (Wildman–Crippen LogP) is 3.85. The lowest BCUT2D eigenvalue weighted by molar-refractivity contribution is -0.121. The quantitative estimate of drug-likeness (QED) is 0.783. The fraction of sp³-hybridized carbons (Fsp3) is 0.278. The van der Waals surface area contributed by atoms with E-state index in [0.29, 0.717) is 6.54 Å². The van der Waals surface area contributed by atoms with Crippen LogP contribution in [0.1, 0.15) is 18.2 Å². The first-order valence-corrected chi connectivity index (χ1v) is 9.83. The minimum atomic E-state index is 0.0468. The van der Waals surface area contributed by atoms with Gasteiger partial charge in [0, 0.05) is 30.2 Å². The number of hydrogen-bond acceptors (Lipinski definition) is 5. The van der Waals surface area contributed by atoms with Gasteiger partial charge in [-0.25, -0.2) is 9.98 Å². The number of amides is 1. The second-order valence-corrected chi connectivity index (χ2v) is 7.89. The highest BCUT2D eigenvalue weighted by atomic mass is 32.2. The van der Waals surface area contributed by atoms with Gasteiger partial charge in [-0.05, 0) is 23.6 Å². The van der Waals surface area contributed by atoms with Crippen LogP contribution in [-0.4, -0.2) is 33.9 Å². The van der Waals surface area contributed by atoms with Gasteiger partial charge in [0.05, 0.1) is 11.4 Å². The second-order valence-electron chi connectivity index (χ2n) is 5.81. The number of para-hydroxylation sites is 1. The van der Waals surface area contributed by atoms with Crippen molar-refractivity contribution in [2.45, 2.75) is 24.1 Å². The fourth-order valence-corrected chi connectivity index (χ4v) is 4.72. The lowest BCUT2D eigenvalue weighted by Crippen LogP contribution is -2.33. The van der Waals surface area contributed by atoms with Gasteiger partial charge < -0.3 is 0 Å². The monoisotopic (exact) mass is 355 g/mol. The van der Waals surface area contributed by atoms with E-state index in [1.807, 2.05) is 18.2 Å². The Balaban J connectivity index is 1.39. The molecule has 0 bridgehead atoms. The van der Waals surface area contributed by atoms with Gasteiger partial charge in [-0.15, -0.1) is 11.3 Å². The highest BCUT2D eigenvalue weighted by Crippen LogP contribution is 2.30. The normalized spacial score (nSPS) is 16.4. The molecule has 1 aromatic heterocycles. The molecule has 0 atom stereocenters. The molecule has 0 saturated carbocycles. The van der Waals surface area contributed by atoms with Crippen LogP contribution in [0.25, 0.3) is 0 Å². The third kappa shape index (κ3) is 3.03. The van der Waals surface area contributed by atoms with Gasteiger partial charge in [0.15, 0.2) is 0 Å². The number of benzene rings is 1. The van der Waals surface area contributed by atoms with Gasteiger partial charge in [0.25, 0.3) is 5.91 Å². The van der Waals surface area contributed by atoms with Crippen molar-refractivity contribution >= 4 is 40.5 Å². The zero-order valence-corrected chi connectivity index (χ0v) is 15.0. The number of aryl methyl sites for hydroxylation is 1. The second kappa shape index (κ2) is 6.53. The molecule has 122 valence electrons. The molecule has 0 radical (unpaired) electrons. The standard InChI is InChI=1S/C18H17N3OS2/c1-2-14-11-24-18(19-14)23-10-12-7-17(22)21(9-12)16-8-13-5-3-4-6-15(13)20-16/h3-7,11H,2,8-10H2,1H3. The SMILES string of the molecule is CCc1csc(SCC2=CC(=O)N(C3=Nc4ccccc4C3)C2)n1. The third-order valence-electron chi connectivity index (χ3n) is 4.13. The average molecular weight is 355 g/mol. The van der Waals surface area contributed by atoms with Crippen LogP contribution in [0.15, 0.2) is 50.6 Å². The fourth-order valence-electron chi connectivity index (χ4n) is 2.83. The van der Waals surface area contributed by atoms with Gasteiger partial charge in [-0.3, -0.25) is 9.69 Å². The summed E-state index contributed by atoms with van der Waals surface area (Å²) in [4.78, 5) is 23.3. The van der Waals surface area contributed by atoms with E-state index in [2.05, 4.69) is 28.3 Å². The van der Waals surface area contributed by atoms with E-state index in [9.17, 15) is 4.79 Å². The number of carbonyl (C=O) groups excluding carboxylic acids is 1. The lowest BCUT2D eigenvalue weighted by atomic mass is 10.1. The zero-order chi connectivity index (χ0) is 16.5. The molecule has 0 aliphatic carbocycles. The van der Waals surface area contributed by atoms with E-state index in [1.165, 1.54) is 5.56 Å². The molecule has 1 aromatic carbocycles. The van der Waals surface area contributed by atoms with Crippen LogP contribution in [0, 0.1) is 0 Å². The average Bonchev–Trinajstić information content (AvgIpc) is 3.30. The number of carbonyl (C=O) groups is 1. The van der Waals surface area contributed by atoms with Crippen LogP contribution >= 0.6 is 23.1 Å². The number of thioether (sulfide) groups is 1. The summed E-state index contributed by atoms with van der Waals surface area (Å²) in [7, 11) is 0. The Kier molecular flexibility index (Phi) is 4.24. The summed E-state index contributed by atoms with van der Waals surface area (Å²) < 4.78 is 1.07. The summed E-state index contributed by atoms with van der Waals surface area (Å²) in [6.07, 6.45) is 3.46. The number of amidine groups is 1. The predicted molar refractivity (Wildman–Crippen MR) is 99.3 cm³/mol. The molecule has 4 rings (SSSR count). The molecular weight excluding hydrogens is 338 g/mol. The Morgan fingerprint density at radius 3 is 3.00 bits per heavy atom. The molecule has 6 heteroatoms. The van der Waals surface area contributed by atoms with E-state index in [0.717, 1.165) is 45.7 Å². The van der Waals surface area contributed by atoms with E-state index in [-0.39, 0.29) is 5.91 Å². The summed E-state index contributed by atoms with van der Waals surface area (Å²) in [6.45, 7) is 2.75. The Morgan fingerprint density at radius 1 is 1.33 bits per heavy atom. The highest BCUT2D eigenvalue weighted by Gasteiger charge is 2.28. The first-order valence-electron chi connectivity index (χ1n) is 7.96. The maximum Gasteiger partial charge on any atom is 0.252 e. The molecule has 2 aliphatic heterocycles. The van der Waals surface area contributed by atoms with Crippen molar-refractivity contribution in [3.63, 3.8) is 0 Å². The molecule has 0 spiro atoms. The maximum atomic E-state index is 12.3. The van der Waals surface area contributed by atoms with Gasteiger partial charge in [0.1, 0.15) is 10.2 Å². The summed E-state index contributed by atoms with van der Waals surface area (Å²) in [5.41, 5.74) is 4.45. The molecule has 2 aromatic rings. The van der Waals surface area contributed by atoms with E-state index in [4.69, 9.17) is 0 Å². The number of aliphatic imine (C=N–C) groups is 1. The Morgan fingerprint density at radius 2 is 2.21 bits per heavy atom. The minimum Gasteiger partial charge on any atom is -0.292 e. The van der Waals surface area contributed by atoms with Crippen molar-refractivity contribution in [1.82, 2.24) is 9.88 Å². The zero-order valence-electron chi connectivity index (χ0n) is 13.4. The van der Waals surface area contributed by atoms with E-state index < -0.39 is 0 Å². The number of hydrogen-bond donors (Lipinski definition) is 0. The summed E-state index contributed by atoms with van der Waals surface area (Å²) in [6, 6.07) is 8.07. The number of nitrogens with zero attached hydrogens (tertiary/aromatic N) is 3. The molecule has 1 amide bonds. The molecule has 2 aliphatic rings. The van der Waals surface area contributed by atoms with Crippen molar-refractivity contribution < 1.29 is 4.79 Å². The molecule has 24 heavy (non-hydrogen) atoms. The van der Waals surface area contributed by atoms with Crippen LogP contribution in [-0.2, 0) is 17.6 Å². The van der Waals surface area contributed by atoms with Crippen molar-refractivity contribution in [3.8, 4) is 0 Å². The van der Waals surface area contributed by atoms with Crippen molar-refractivity contribution in [2.75, 3.05) is 12.3 Å². The van der Waals surface area contributed by atoms with Crippen molar-refractivity contribution in [1.29, 1.82) is 0 Å². The number of thiazole rings is 1. The third-order valence-corrected chi connectivity index (χ3v) is 6.31. The van der Waals surface area contributed by atoms with Gasteiger partial charge in [-0.1, -0.05) is 36.9 Å². The van der Waals surface area contributed by atoms with Crippen molar-refractivity contribution in [3.05, 3.63) is 52.6 Å². The van der Waals surface area contributed by atoms with Crippen LogP contribution in [0.3, 0.4) is 0 Å². The molecule has 4 nitrogen and oxygen atoms in total. The van der Waals surface area contributed by atoms with Crippen LogP contribution in [0.5, 0.6) is 0 Å². The van der Waals surface area contributed by atoms with Gasteiger partial charge >= 0.3 is 0 Å². The molecule has 0 unspecified atom stereocenters. The molecule has 0 fully saturated rings. The van der Waals surface area contributed by atoms with Gasteiger partial charge in [0.2, 0.25) is 0 Å². The Hall–Kier alpha value is -1.92. The molecule has 0 saturated heterocycles. The number of aromatic nitrogens is 1. The molecule has 0 N–H and O–H groups in total. The van der Waals surface area contributed by atoms with Gasteiger partial charge in [-0.2, -0.15) is 0 Å². The summed E-state index contributed by atoms with van der Waals surface area (Å²) in [5.74, 6) is 1.71. The largest absolute Gasteiger partial charge is 0.292 e. The highest BCUT2D eigenvalue weighted by molar-refractivity contribution is 8.01. The lowest BCUT2D eigenvalue weighted by Gasteiger charge is -2.16. The number of fused-ring (bicyclic) bond motifs is 1. The van der Waals surface area contributed by atoms with E-state index in [1.54, 1.807) is 34.1 Å².